The van der Waals surface area contributed by atoms with E-state index < -0.39 is 38.9 Å². The average molecular weight is 573 g/mol. The lowest BCUT2D eigenvalue weighted by atomic mass is 10.2. The number of aryl methyl sites for hydroxylation is 1. The first-order valence-corrected chi connectivity index (χ1v) is 14.1. The van der Waals surface area contributed by atoms with E-state index in [9.17, 15) is 36.3 Å². The molecule has 1 fully saturated rings. The van der Waals surface area contributed by atoms with Crippen LogP contribution in [0, 0.1) is 0 Å². The van der Waals surface area contributed by atoms with Crippen LogP contribution in [0.25, 0.3) is 11.2 Å². The van der Waals surface area contributed by atoms with Gasteiger partial charge in [-0.2, -0.15) is 13.2 Å². The van der Waals surface area contributed by atoms with Gasteiger partial charge in [0, 0.05) is 46.8 Å². The van der Waals surface area contributed by atoms with Gasteiger partial charge in [-0.15, -0.1) is 0 Å². The molecule has 1 aliphatic rings. The number of aliphatic hydroxyl groups excluding tert-OH is 1. The average Bonchev–Trinajstić information content (AvgIpc) is 3.30. The van der Waals surface area contributed by atoms with Crippen molar-refractivity contribution in [2.24, 2.45) is 14.1 Å². The summed E-state index contributed by atoms with van der Waals surface area (Å²) in [7, 11) is -0.769. The van der Waals surface area contributed by atoms with E-state index in [4.69, 9.17) is 0 Å². The Labute approximate surface area is 222 Å². The number of piperazine rings is 1. The third-order valence-electron chi connectivity index (χ3n) is 6.99. The summed E-state index contributed by atoms with van der Waals surface area (Å²) in [5.74, 6) is -0.165. The van der Waals surface area contributed by atoms with E-state index >= 15 is 0 Å². The molecule has 1 aromatic carbocycles. The predicted molar refractivity (Wildman–Crippen MR) is 137 cm³/mol. The van der Waals surface area contributed by atoms with E-state index in [1.54, 1.807) is 4.57 Å². The van der Waals surface area contributed by atoms with Crippen LogP contribution in [0.1, 0.15) is 12.0 Å². The Balaban J connectivity index is 1.24. The van der Waals surface area contributed by atoms with Crippen molar-refractivity contribution < 1.29 is 26.7 Å². The molecule has 214 valence electrons. The maximum atomic E-state index is 12.7. The Morgan fingerprint density at radius 1 is 0.974 bits per heavy atom. The number of benzene rings is 1. The van der Waals surface area contributed by atoms with Crippen molar-refractivity contribution in [2.45, 2.75) is 30.1 Å². The molecular formula is C24H31F3N6O5S. The molecule has 0 amide bonds. The third-order valence-corrected chi connectivity index (χ3v) is 8.80. The molecule has 39 heavy (non-hydrogen) atoms. The highest BCUT2D eigenvalue weighted by atomic mass is 32.2. The molecule has 15 heteroatoms. The van der Waals surface area contributed by atoms with Crippen molar-refractivity contribution in [3.63, 3.8) is 0 Å². The lowest BCUT2D eigenvalue weighted by molar-refractivity contribution is -0.137. The van der Waals surface area contributed by atoms with Crippen LogP contribution in [0.4, 0.5) is 13.2 Å². The summed E-state index contributed by atoms with van der Waals surface area (Å²) in [6.45, 7) is 3.67. The number of alkyl halides is 3. The quantitative estimate of drug-likeness (QED) is 0.389. The van der Waals surface area contributed by atoms with Gasteiger partial charge < -0.3 is 14.6 Å². The molecule has 2 aromatic heterocycles. The lowest BCUT2D eigenvalue weighted by Gasteiger charge is -2.35. The fraction of sp³-hybridized carbons (Fsp3) is 0.542. The topological polar surface area (TPSA) is 123 Å². The predicted octanol–water partition coefficient (Wildman–Crippen LogP) is 0.295. The Kier molecular flexibility index (Phi) is 8.35. The van der Waals surface area contributed by atoms with E-state index in [1.807, 2.05) is 0 Å². The van der Waals surface area contributed by atoms with E-state index in [0.717, 1.165) is 28.8 Å². The first kappa shape index (κ1) is 29.0. The minimum absolute atomic E-state index is 0.125. The molecule has 11 nitrogen and oxygen atoms in total. The van der Waals surface area contributed by atoms with Gasteiger partial charge in [0.15, 0.2) is 21.0 Å². The number of hydrogen-bond donors (Lipinski definition) is 1. The van der Waals surface area contributed by atoms with E-state index in [2.05, 4.69) is 14.8 Å². The van der Waals surface area contributed by atoms with Gasteiger partial charge in [0.25, 0.3) is 5.56 Å². The van der Waals surface area contributed by atoms with E-state index in [0.29, 0.717) is 45.7 Å². The molecule has 0 aliphatic carbocycles. The minimum atomic E-state index is -4.52. The molecule has 1 atom stereocenters. The molecule has 4 rings (SSSR count). The van der Waals surface area contributed by atoms with Crippen LogP contribution in [-0.2, 0) is 36.7 Å². The van der Waals surface area contributed by atoms with Gasteiger partial charge in [-0.25, -0.2) is 18.2 Å². The van der Waals surface area contributed by atoms with Crippen LogP contribution in [0.3, 0.4) is 0 Å². The second-order valence-electron chi connectivity index (χ2n) is 9.77. The zero-order valence-corrected chi connectivity index (χ0v) is 22.5. The minimum Gasteiger partial charge on any atom is -0.390 e. The van der Waals surface area contributed by atoms with E-state index in [-0.39, 0.29) is 28.4 Å². The fourth-order valence-electron chi connectivity index (χ4n) is 4.76. The normalized spacial score (nSPS) is 16.7. The molecule has 0 saturated carbocycles. The summed E-state index contributed by atoms with van der Waals surface area (Å²) in [6, 6.07) is 3.54. The molecule has 3 heterocycles. The summed E-state index contributed by atoms with van der Waals surface area (Å²) < 4.78 is 67.0. The van der Waals surface area contributed by atoms with Gasteiger partial charge in [-0.05, 0) is 37.2 Å². The number of nitrogens with zero attached hydrogens (tertiary/aromatic N) is 6. The van der Waals surface area contributed by atoms with Crippen molar-refractivity contribution >= 4 is 21.0 Å². The van der Waals surface area contributed by atoms with Crippen LogP contribution >= 0.6 is 0 Å². The molecule has 0 radical (unpaired) electrons. The number of β-amino-alcohol motifs (C(OH)–C–C–N with tert-alkyl or cyclic N) is 1. The van der Waals surface area contributed by atoms with Crippen molar-refractivity contribution in [3.8, 4) is 0 Å². The summed E-state index contributed by atoms with van der Waals surface area (Å²) in [5.41, 5.74) is -1.35. The molecule has 1 saturated heterocycles. The molecule has 0 bridgehead atoms. The zero-order chi connectivity index (χ0) is 28.5. The van der Waals surface area contributed by atoms with Crippen LogP contribution < -0.4 is 11.2 Å². The van der Waals surface area contributed by atoms with Gasteiger partial charge in [0.05, 0.1) is 35.2 Å². The maximum absolute atomic E-state index is 12.7. The zero-order valence-electron chi connectivity index (χ0n) is 21.6. The SMILES string of the molecule is Cn1c(=O)c2c(ncn2CC(O)CN2CCN(CCCS(=O)(=O)c3ccc(C(F)(F)F)cc3)CC2)n(C)c1=O. The smallest absolute Gasteiger partial charge is 0.390 e. The number of halogens is 3. The molecule has 0 spiro atoms. The standard InChI is InChI=1S/C24H31F3N6O5S/c1-29-21-20(22(35)30(2)23(29)36)33(16-28-21)15-18(34)14-32-11-9-31(10-12-32)8-3-13-39(37,38)19-6-4-17(5-7-19)24(25,26)27/h4-7,16,18,34H,3,8-15H2,1-2H3. The molecule has 3 aromatic rings. The second kappa shape index (κ2) is 11.2. The highest BCUT2D eigenvalue weighted by Gasteiger charge is 2.30. The van der Waals surface area contributed by atoms with Gasteiger partial charge in [-0.3, -0.25) is 18.8 Å². The number of fused-ring (bicyclic) bond motifs is 1. The number of aliphatic hydroxyl groups is 1. The van der Waals surface area contributed by atoms with Crippen molar-refractivity contribution in [2.75, 3.05) is 45.0 Å². The number of aromatic nitrogens is 4. The fourth-order valence-corrected chi connectivity index (χ4v) is 6.06. The van der Waals surface area contributed by atoms with Gasteiger partial charge in [-0.1, -0.05) is 0 Å². The highest BCUT2D eigenvalue weighted by molar-refractivity contribution is 7.91. The first-order valence-electron chi connectivity index (χ1n) is 12.4. The number of imidazole rings is 1. The Bertz CT molecular complexity index is 1540. The van der Waals surface area contributed by atoms with Crippen molar-refractivity contribution in [3.05, 3.63) is 57.0 Å². The summed E-state index contributed by atoms with van der Waals surface area (Å²) in [5, 5.41) is 10.7. The third kappa shape index (κ3) is 6.42. The Hall–Kier alpha value is -3.01. The number of rotatable bonds is 9. The second-order valence-corrected chi connectivity index (χ2v) is 11.9. The lowest BCUT2D eigenvalue weighted by Crippen LogP contribution is -2.49. The maximum Gasteiger partial charge on any atom is 0.416 e. The van der Waals surface area contributed by atoms with Crippen LogP contribution in [0.15, 0.2) is 45.1 Å². The number of sulfone groups is 1. The molecular weight excluding hydrogens is 541 g/mol. The largest absolute Gasteiger partial charge is 0.416 e. The van der Waals surface area contributed by atoms with Gasteiger partial charge >= 0.3 is 11.9 Å². The molecule has 1 unspecified atom stereocenters. The Morgan fingerprint density at radius 2 is 1.59 bits per heavy atom. The van der Waals surface area contributed by atoms with E-state index in [1.165, 1.54) is 25.0 Å². The van der Waals surface area contributed by atoms with Crippen molar-refractivity contribution in [1.82, 2.24) is 28.5 Å². The first-order chi connectivity index (χ1) is 18.3. The van der Waals surface area contributed by atoms with Crippen LogP contribution in [0.2, 0.25) is 0 Å². The van der Waals surface area contributed by atoms with Gasteiger partial charge in [0.2, 0.25) is 0 Å². The van der Waals surface area contributed by atoms with Gasteiger partial charge in [0.1, 0.15) is 0 Å². The summed E-state index contributed by atoms with van der Waals surface area (Å²) in [6.07, 6.45) is -3.53. The Morgan fingerprint density at radius 3 is 2.21 bits per heavy atom. The van der Waals surface area contributed by atoms with Crippen LogP contribution in [-0.4, -0.2) is 93.1 Å². The van der Waals surface area contributed by atoms with Crippen molar-refractivity contribution in [1.29, 1.82) is 0 Å². The molecule has 1 aliphatic heterocycles. The summed E-state index contributed by atoms with van der Waals surface area (Å²) >= 11 is 0. The monoisotopic (exact) mass is 572 g/mol. The van der Waals surface area contributed by atoms with Crippen LogP contribution in [0.5, 0.6) is 0 Å². The highest BCUT2D eigenvalue weighted by Crippen LogP contribution is 2.30. The molecule has 1 N–H and O–H groups in total. The number of hydrogen-bond acceptors (Lipinski definition) is 8. The summed E-state index contributed by atoms with van der Waals surface area (Å²) in [4.78, 5) is 32.9.